The van der Waals surface area contributed by atoms with Crippen molar-refractivity contribution in [3.8, 4) is 11.5 Å². The van der Waals surface area contributed by atoms with Gasteiger partial charge in [-0.05, 0) is 22.9 Å². The molecule has 3 N–H and O–H groups in total. The second-order valence-corrected chi connectivity index (χ2v) is 6.14. The van der Waals surface area contributed by atoms with E-state index < -0.39 is 0 Å². The minimum Gasteiger partial charge on any atom is -0.426 e. The van der Waals surface area contributed by atoms with Crippen molar-refractivity contribution in [2.75, 3.05) is 0 Å². The highest BCUT2D eigenvalue weighted by Gasteiger charge is 2.03. The maximum Gasteiger partial charge on any atom is 0.308 e. The standard InChI is InChI=1S/2C12H10O2.H3N/c2*1-9(13)14-12-8-4-6-10-5-2-3-7-11(10)12;/h2*2-8H,1H3;1H3. The van der Waals surface area contributed by atoms with E-state index in [1.807, 2.05) is 72.8 Å². The van der Waals surface area contributed by atoms with Gasteiger partial charge in [0, 0.05) is 24.6 Å². The molecule has 4 aromatic rings. The topological polar surface area (TPSA) is 87.6 Å². The molecule has 0 amide bonds. The summed E-state index contributed by atoms with van der Waals surface area (Å²) in [5.41, 5.74) is 0. The average molecular weight is 389 g/mol. The molecule has 5 heteroatoms. The average Bonchev–Trinajstić information content (AvgIpc) is 2.68. The lowest BCUT2D eigenvalue weighted by atomic mass is 10.1. The van der Waals surface area contributed by atoms with Crippen molar-refractivity contribution in [3.63, 3.8) is 0 Å². The van der Waals surface area contributed by atoms with E-state index in [-0.39, 0.29) is 18.1 Å². The van der Waals surface area contributed by atoms with E-state index in [1.54, 1.807) is 12.1 Å². The summed E-state index contributed by atoms with van der Waals surface area (Å²) < 4.78 is 10.2. The molecule has 0 spiro atoms. The van der Waals surface area contributed by atoms with Gasteiger partial charge in [0.05, 0.1) is 0 Å². The molecular weight excluding hydrogens is 366 g/mol. The van der Waals surface area contributed by atoms with Crippen LogP contribution in [-0.4, -0.2) is 11.9 Å². The third-order valence-electron chi connectivity index (χ3n) is 4.01. The summed E-state index contributed by atoms with van der Waals surface area (Å²) in [6, 6.07) is 26.9. The number of carbonyl (C=O) groups excluding carboxylic acids is 2. The van der Waals surface area contributed by atoms with E-state index in [0.717, 1.165) is 21.5 Å². The van der Waals surface area contributed by atoms with E-state index in [9.17, 15) is 9.59 Å². The summed E-state index contributed by atoms with van der Waals surface area (Å²) in [6.07, 6.45) is 0. The highest BCUT2D eigenvalue weighted by Crippen LogP contribution is 2.25. The molecule has 0 radical (unpaired) electrons. The van der Waals surface area contributed by atoms with Gasteiger partial charge in [-0.25, -0.2) is 0 Å². The van der Waals surface area contributed by atoms with Crippen LogP contribution in [0.2, 0.25) is 0 Å². The Morgan fingerprint density at radius 3 is 1.28 bits per heavy atom. The molecule has 0 unspecified atom stereocenters. The second-order valence-electron chi connectivity index (χ2n) is 6.14. The third-order valence-corrected chi connectivity index (χ3v) is 4.01. The zero-order chi connectivity index (χ0) is 19.9. The summed E-state index contributed by atoms with van der Waals surface area (Å²) in [5, 5.41) is 4.08. The van der Waals surface area contributed by atoms with Gasteiger partial charge in [-0.2, -0.15) is 0 Å². The van der Waals surface area contributed by atoms with Gasteiger partial charge in [-0.1, -0.05) is 72.8 Å². The van der Waals surface area contributed by atoms with Crippen LogP contribution in [0.4, 0.5) is 0 Å². The van der Waals surface area contributed by atoms with Gasteiger partial charge < -0.3 is 15.6 Å². The maximum absolute atomic E-state index is 10.8. The Morgan fingerprint density at radius 2 is 0.897 bits per heavy atom. The van der Waals surface area contributed by atoms with Crippen molar-refractivity contribution >= 4 is 33.5 Å². The molecule has 0 fully saturated rings. The van der Waals surface area contributed by atoms with Crippen LogP contribution in [0.15, 0.2) is 84.9 Å². The fourth-order valence-electron chi connectivity index (χ4n) is 2.88. The smallest absolute Gasteiger partial charge is 0.308 e. The minimum absolute atomic E-state index is 0. The predicted octanol–water partition coefficient (Wildman–Crippen LogP) is 5.69. The van der Waals surface area contributed by atoms with Crippen molar-refractivity contribution in [1.82, 2.24) is 6.15 Å². The van der Waals surface area contributed by atoms with Crippen LogP contribution >= 0.6 is 0 Å². The minimum atomic E-state index is -0.290. The largest absolute Gasteiger partial charge is 0.426 e. The third kappa shape index (κ3) is 5.64. The lowest BCUT2D eigenvalue weighted by Gasteiger charge is -2.04. The van der Waals surface area contributed by atoms with Crippen molar-refractivity contribution in [2.45, 2.75) is 13.8 Å². The van der Waals surface area contributed by atoms with Gasteiger partial charge in [-0.3, -0.25) is 9.59 Å². The molecule has 29 heavy (non-hydrogen) atoms. The molecule has 5 nitrogen and oxygen atoms in total. The van der Waals surface area contributed by atoms with Crippen LogP contribution in [0.25, 0.3) is 21.5 Å². The Morgan fingerprint density at radius 1 is 0.552 bits per heavy atom. The monoisotopic (exact) mass is 389 g/mol. The van der Waals surface area contributed by atoms with E-state index >= 15 is 0 Å². The summed E-state index contributed by atoms with van der Waals surface area (Å²) in [6.45, 7) is 2.81. The molecule has 0 aliphatic rings. The first-order valence-electron chi connectivity index (χ1n) is 8.87. The summed E-state index contributed by atoms with van der Waals surface area (Å²) in [4.78, 5) is 21.7. The molecule has 0 saturated heterocycles. The first-order valence-corrected chi connectivity index (χ1v) is 8.87. The van der Waals surface area contributed by atoms with E-state index in [0.29, 0.717) is 11.5 Å². The van der Waals surface area contributed by atoms with Crippen LogP contribution in [0.5, 0.6) is 11.5 Å². The Labute approximate surface area is 169 Å². The van der Waals surface area contributed by atoms with E-state index in [2.05, 4.69) is 0 Å². The molecule has 0 aliphatic heterocycles. The van der Waals surface area contributed by atoms with Crippen LogP contribution in [0, 0.1) is 0 Å². The number of rotatable bonds is 2. The van der Waals surface area contributed by atoms with Crippen LogP contribution in [0.1, 0.15) is 13.8 Å². The number of hydrogen-bond acceptors (Lipinski definition) is 5. The first-order chi connectivity index (χ1) is 13.5. The summed E-state index contributed by atoms with van der Waals surface area (Å²) in [5.74, 6) is 0.661. The quantitative estimate of drug-likeness (QED) is 0.351. The normalized spacial score (nSPS) is 9.72. The van der Waals surface area contributed by atoms with Crippen molar-refractivity contribution in [1.29, 1.82) is 0 Å². The molecule has 0 bridgehead atoms. The Kier molecular flexibility index (Phi) is 7.46. The number of esters is 2. The Bertz CT molecular complexity index is 1040. The SMILES string of the molecule is CC(=O)Oc1cccc2ccccc12.CC(=O)Oc1cccc2ccccc12.N. The zero-order valence-electron chi connectivity index (χ0n) is 16.4. The first kappa shape index (κ1) is 21.6. The second kappa shape index (κ2) is 10.0. The lowest BCUT2D eigenvalue weighted by molar-refractivity contribution is -0.132. The molecule has 0 aliphatic carbocycles. The van der Waals surface area contributed by atoms with Crippen LogP contribution in [0.3, 0.4) is 0 Å². The molecular formula is C24H23NO4. The lowest BCUT2D eigenvalue weighted by Crippen LogP contribution is -2.01. The molecule has 0 saturated carbocycles. The van der Waals surface area contributed by atoms with Gasteiger partial charge in [0.2, 0.25) is 0 Å². The van der Waals surface area contributed by atoms with E-state index in [1.165, 1.54) is 13.8 Å². The van der Waals surface area contributed by atoms with Crippen molar-refractivity contribution in [2.24, 2.45) is 0 Å². The van der Waals surface area contributed by atoms with Gasteiger partial charge in [0.1, 0.15) is 11.5 Å². The summed E-state index contributed by atoms with van der Waals surface area (Å²) in [7, 11) is 0. The highest BCUT2D eigenvalue weighted by molar-refractivity contribution is 5.90. The Balaban J connectivity index is 0.000000200. The molecule has 0 heterocycles. The molecule has 148 valence electrons. The molecule has 0 aromatic heterocycles. The molecule has 4 rings (SSSR count). The number of ether oxygens (including phenoxy) is 2. The molecule has 4 aromatic carbocycles. The Hall–Kier alpha value is -3.70. The van der Waals surface area contributed by atoms with E-state index in [4.69, 9.17) is 9.47 Å². The summed E-state index contributed by atoms with van der Waals surface area (Å²) >= 11 is 0. The van der Waals surface area contributed by atoms with Gasteiger partial charge in [-0.15, -0.1) is 0 Å². The number of benzene rings is 4. The number of fused-ring (bicyclic) bond motifs is 2. The van der Waals surface area contributed by atoms with Gasteiger partial charge in [0.15, 0.2) is 0 Å². The number of carbonyl (C=O) groups is 2. The van der Waals surface area contributed by atoms with Crippen LogP contribution < -0.4 is 15.6 Å². The van der Waals surface area contributed by atoms with Crippen LogP contribution in [-0.2, 0) is 9.59 Å². The number of hydrogen-bond donors (Lipinski definition) is 1. The predicted molar refractivity (Wildman–Crippen MR) is 116 cm³/mol. The van der Waals surface area contributed by atoms with Crippen molar-refractivity contribution < 1.29 is 19.1 Å². The fraction of sp³-hybridized carbons (Fsp3) is 0.0833. The zero-order valence-corrected chi connectivity index (χ0v) is 16.4. The highest BCUT2D eigenvalue weighted by atomic mass is 16.5. The van der Waals surface area contributed by atoms with Gasteiger partial charge >= 0.3 is 11.9 Å². The van der Waals surface area contributed by atoms with Crippen molar-refractivity contribution in [3.05, 3.63) is 84.9 Å². The maximum atomic E-state index is 10.8. The van der Waals surface area contributed by atoms with Gasteiger partial charge in [0.25, 0.3) is 0 Å². The molecule has 0 atom stereocenters. The fourth-order valence-corrected chi connectivity index (χ4v) is 2.88.